The van der Waals surface area contributed by atoms with E-state index in [-0.39, 0.29) is 12.7 Å². The molecular formula is C19H14ClN3O3. The molecule has 0 radical (unpaired) electrons. The average molecular weight is 368 g/mol. The second kappa shape index (κ2) is 6.65. The number of hydrogen-bond donors (Lipinski definition) is 1. The van der Waals surface area contributed by atoms with Crippen LogP contribution in [-0.4, -0.2) is 22.7 Å². The fourth-order valence-electron chi connectivity index (χ4n) is 2.67. The number of nitrogens with one attached hydrogen (secondary N) is 1. The first-order valence-corrected chi connectivity index (χ1v) is 8.28. The number of fused-ring (bicyclic) bond motifs is 1. The van der Waals surface area contributed by atoms with Gasteiger partial charge in [-0.2, -0.15) is 0 Å². The Morgan fingerprint density at radius 1 is 1.19 bits per heavy atom. The highest BCUT2D eigenvalue weighted by Gasteiger charge is 2.20. The van der Waals surface area contributed by atoms with E-state index in [1.807, 2.05) is 37.3 Å². The molecule has 2 aromatic carbocycles. The Morgan fingerprint density at radius 3 is 2.92 bits per heavy atom. The van der Waals surface area contributed by atoms with E-state index in [1.165, 1.54) is 0 Å². The lowest BCUT2D eigenvalue weighted by atomic mass is 10.1. The van der Waals surface area contributed by atoms with Crippen molar-refractivity contribution in [3.8, 4) is 22.8 Å². The van der Waals surface area contributed by atoms with Crippen molar-refractivity contribution < 1.29 is 14.3 Å². The fourth-order valence-corrected chi connectivity index (χ4v) is 2.94. The maximum atomic E-state index is 12.6. The lowest BCUT2D eigenvalue weighted by Gasteiger charge is -2.09. The van der Waals surface area contributed by atoms with Gasteiger partial charge in [0.1, 0.15) is 5.82 Å². The zero-order chi connectivity index (χ0) is 18.1. The second-order valence-electron chi connectivity index (χ2n) is 5.72. The monoisotopic (exact) mass is 367 g/mol. The summed E-state index contributed by atoms with van der Waals surface area (Å²) in [6, 6.07) is 12.4. The molecule has 0 atom stereocenters. The molecule has 1 amide bonds. The Labute approximate surface area is 154 Å². The summed E-state index contributed by atoms with van der Waals surface area (Å²) in [7, 11) is 0. The second-order valence-corrected chi connectivity index (χ2v) is 6.12. The molecule has 130 valence electrons. The van der Waals surface area contributed by atoms with Crippen LogP contribution in [0.2, 0.25) is 5.02 Å². The van der Waals surface area contributed by atoms with Crippen LogP contribution >= 0.6 is 11.6 Å². The van der Waals surface area contributed by atoms with Gasteiger partial charge in [-0.15, -0.1) is 0 Å². The third-order valence-corrected chi connectivity index (χ3v) is 4.16. The number of nitrogens with zero attached hydrogens (tertiary/aromatic N) is 2. The molecule has 4 rings (SSSR count). The van der Waals surface area contributed by atoms with Gasteiger partial charge in [0.2, 0.25) is 6.79 Å². The van der Waals surface area contributed by atoms with Crippen molar-refractivity contribution >= 4 is 23.2 Å². The summed E-state index contributed by atoms with van der Waals surface area (Å²) in [5.41, 5.74) is 2.72. The number of anilines is 1. The molecule has 0 unspecified atom stereocenters. The van der Waals surface area contributed by atoms with E-state index in [0.717, 1.165) is 11.3 Å². The SMILES string of the molecule is Cc1nccc(-c2cccc(NC(=O)c3cc(Cl)c4c(c3)OCO4)c2)n1. The minimum absolute atomic E-state index is 0.0977. The van der Waals surface area contributed by atoms with Crippen LogP contribution in [0.15, 0.2) is 48.7 Å². The smallest absolute Gasteiger partial charge is 0.255 e. The van der Waals surface area contributed by atoms with E-state index in [0.29, 0.717) is 33.6 Å². The number of carbonyl (C=O) groups excluding carboxylic acids is 1. The van der Waals surface area contributed by atoms with Crippen LogP contribution in [0.1, 0.15) is 16.2 Å². The maximum absolute atomic E-state index is 12.6. The summed E-state index contributed by atoms with van der Waals surface area (Å²) in [5.74, 6) is 1.32. The fraction of sp³-hybridized carbons (Fsp3) is 0.105. The first-order chi connectivity index (χ1) is 12.6. The number of aryl methyl sites for hydroxylation is 1. The van der Waals surface area contributed by atoms with Gasteiger partial charge in [-0.3, -0.25) is 4.79 Å². The number of ether oxygens (including phenoxy) is 2. The predicted octanol–water partition coefficient (Wildman–Crippen LogP) is 4.09. The molecule has 6 nitrogen and oxygen atoms in total. The Bertz CT molecular complexity index is 1010. The highest BCUT2D eigenvalue weighted by atomic mass is 35.5. The van der Waals surface area contributed by atoms with Gasteiger partial charge < -0.3 is 14.8 Å². The minimum Gasteiger partial charge on any atom is -0.454 e. The molecule has 0 spiro atoms. The molecule has 7 heteroatoms. The molecule has 0 bridgehead atoms. The number of aromatic nitrogens is 2. The Kier molecular flexibility index (Phi) is 4.18. The summed E-state index contributed by atoms with van der Waals surface area (Å²) >= 11 is 6.14. The van der Waals surface area contributed by atoms with Crippen molar-refractivity contribution in [3.05, 3.63) is 65.1 Å². The lowest BCUT2D eigenvalue weighted by molar-refractivity contribution is 0.102. The Morgan fingerprint density at radius 2 is 2.08 bits per heavy atom. The first-order valence-electron chi connectivity index (χ1n) is 7.91. The Balaban J connectivity index is 1.59. The number of hydrogen-bond acceptors (Lipinski definition) is 5. The van der Waals surface area contributed by atoms with Crippen molar-refractivity contribution in [2.45, 2.75) is 6.92 Å². The van der Waals surface area contributed by atoms with Gasteiger partial charge >= 0.3 is 0 Å². The minimum atomic E-state index is -0.291. The summed E-state index contributed by atoms with van der Waals surface area (Å²) in [6.07, 6.45) is 1.71. The molecule has 1 aliphatic heterocycles. The van der Waals surface area contributed by atoms with Crippen LogP contribution in [0.25, 0.3) is 11.3 Å². The molecule has 2 heterocycles. The number of amides is 1. The van der Waals surface area contributed by atoms with Crippen molar-refractivity contribution in [2.75, 3.05) is 12.1 Å². The highest BCUT2D eigenvalue weighted by Crippen LogP contribution is 2.39. The van der Waals surface area contributed by atoms with Gasteiger partial charge in [0, 0.05) is 23.0 Å². The van der Waals surface area contributed by atoms with Gasteiger partial charge in [0.15, 0.2) is 11.5 Å². The summed E-state index contributed by atoms with van der Waals surface area (Å²) in [6.45, 7) is 1.93. The van der Waals surface area contributed by atoms with Crippen molar-refractivity contribution in [1.82, 2.24) is 9.97 Å². The number of benzene rings is 2. The standard InChI is InChI=1S/C19H14ClN3O3/c1-11-21-6-5-16(22-11)12-3-2-4-14(7-12)23-19(24)13-8-15(20)18-17(9-13)25-10-26-18/h2-9H,10H2,1H3,(H,23,24). The largest absolute Gasteiger partial charge is 0.454 e. The van der Waals surface area contributed by atoms with E-state index in [2.05, 4.69) is 15.3 Å². The molecule has 0 fully saturated rings. The summed E-state index contributed by atoms with van der Waals surface area (Å²) in [5, 5.41) is 3.21. The number of halogens is 1. The van der Waals surface area contributed by atoms with Crippen LogP contribution in [0.5, 0.6) is 11.5 Å². The maximum Gasteiger partial charge on any atom is 0.255 e. The predicted molar refractivity (Wildman–Crippen MR) is 97.7 cm³/mol. The first kappa shape index (κ1) is 16.4. The quantitative estimate of drug-likeness (QED) is 0.754. The normalized spacial score (nSPS) is 12.1. The molecule has 0 saturated heterocycles. The van der Waals surface area contributed by atoms with Gasteiger partial charge in [0.05, 0.1) is 10.7 Å². The van der Waals surface area contributed by atoms with E-state index in [1.54, 1.807) is 18.3 Å². The third kappa shape index (κ3) is 3.19. The van der Waals surface area contributed by atoms with Gasteiger partial charge in [-0.05, 0) is 37.3 Å². The molecule has 0 aliphatic carbocycles. The van der Waals surface area contributed by atoms with E-state index >= 15 is 0 Å². The number of rotatable bonds is 3. The van der Waals surface area contributed by atoms with Crippen LogP contribution in [-0.2, 0) is 0 Å². The van der Waals surface area contributed by atoms with Crippen molar-refractivity contribution in [3.63, 3.8) is 0 Å². The van der Waals surface area contributed by atoms with Crippen LogP contribution in [0.3, 0.4) is 0 Å². The van der Waals surface area contributed by atoms with Crippen LogP contribution in [0, 0.1) is 6.92 Å². The van der Waals surface area contributed by atoms with Crippen LogP contribution in [0.4, 0.5) is 5.69 Å². The third-order valence-electron chi connectivity index (χ3n) is 3.88. The van der Waals surface area contributed by atoms with Gasteiger partial charge in [-0.1, -0.05) is 23.7 Å². The van der Waals surface area contributed by atoms with Gasteiger partial charge in [0.25, 0.3) is 5.91 Å². The summed E-state index contributed by atoms with van der Waals surface area (Å²) in [4.78, 5) is 21.1. The molecule has 1 N–H and O–H groups in total. The van der Waals surface area contributed by atoms with Gasteiger partial charge in [-0.25, -0.2) is 9.97 Å². The zero-order valence-electron chi connectivity index (χ0n) is 13.8. The van der Waals surface area contributed by atoms with E-state index < -0.39 is 0 Å². The van der Waals surface area contributed by atoms with E-state index in [9.17, 15) is 4.79 Å². The lowest BCUT2D eigenvalue weighted by Crippen LogP contribution is -2.12. The molecule has 1 aliphatic rings. The highest BCUT2D eigenvalue weighted by molar-refractivity contribution is 6.32. The van der Waals surface area contributed by atoms with E-state index in [4.69, 9.17) is 21.1 Å². The zero-order valence-corrected chi connectivity index (χ0v) is 14.6. The van der Waals surface area contributed by atoms with Crippen molar-refractivity contribution in [1.29, 1.82) is 0 Å². The summed E-state index contributed by atoms with van der Waals surface area (Å²) < 4.78 is 10.6. The Hall–Kier alpha value is -3.12. The van der Waals surface area contributed by atoms with Crippen LogP contribution < -0.4 is 14.8 Å². The molecular weight excluding hydrogens is 354 g/mol. The molecule has 3 aromatic rings. The van der Waals surface area contributed by atoms with Crippen molar-refractivity contribution in [2.24, 2.45) is 0 Å². The molecule has 26 heavy (non-hydrogen) atoms. The number of carbonyl (C=O) groups is 1. The molecule has 0 saturated carbocycles. The average Bonchev–Trinajstić information content (AvgIpc) is 3.11. The topological polar surface area (TPSA) is 73.3 Å². The molecule has 1 aromatic heterocycles.